The van der Waals surface area contributed by atoms with E-state index in [0.29, 0.717) is 5.92 Å². The van der Waals surface area contributed by atoms with Crippen molar-refractivity contribution in [1.29, 1.82) is 0 Å². The van der Waals surface area contributed by atoms with Gasteiger partial charge in [-0.3, -0.25) is 4.57 Å². The molecular formula is C13H31NO2Si. The Morgan fingerprint density at radius 2 is 1.65 bits per heavy atom. The zero-order chi connectivity index (χ0) is 13.7. The number of rotatable bonds is 8. The van der Waals surface area contributed by atoms with Crippen molar-refractivity contribution in [3.05, 3.63) is 0 Å². The molecule has 0 radical (unpaired) electrons. The molecule has 0 unspecified atom stereocenters. The van der Waals surface area contributed by atoms with Gasteiger partial charge in [0, 0.05) is 19.3 Å². The maximum absolute atomic E-state index is 5.91. The third-order valence-corrected chi connectivity index (χ3v) is 8.70. The van der Waals surface area contributed by atoms with E-state index in [9.17, 15) is 0 Å². The fourth-order valence-corrected chi connectivity index (χ4v) is 6.33. The summed E-state index contributed by atoms with van der Waals surface area (Å²) in [5.41, 5.74) is 0. The van der Waals surface area contributed by atoms with E-state index in [2.05, 4.69) is 46.2 Å². The van der Waals surface area contributed by atoms with E-state index in [0.717, 1.165) is 6.54 Å². The molecule has 104 valence electrons. The van der Waals surface area contributed by atoms with E-state index in [1.54, 1.807) is 14.2 Å². The Bertz CT molecular complexity index is 215. The highest BCUT2D eigenvalue weighted by Crippen LogP contribution is 2.45. The molecule has 0 aliphatic rings. The molecule has 0 saturated heterocycles. The number of unbranched alkanes of at least 4 members (excludes halogenated alkanes) is 1. The summed E-state index contributed by atoms with van der Waals surface area (Å²) in [5, 5.41) is 0.0546. The SMILES string of the molecule is CCCCN(C)[Si](OC)(OC)C(C)(C)C(C)C. The maximum Gasteiger partial charge on any atom is 0.433 e. The van der Waals surface area contributed by atoms with Gasteiger partial charge in [-0.05, 0) is 25.9 Å². The van der Waals surface area contributed by atoms with Crippen molar-refractivity contribution >= 4 is 8.72 Å². The second kappa shape index (κ2) is 6.88. The lowest BCUT2D eigenvalue weighted by atomic mass is 9.99. The van der Waals surface area contributed by atoms with E-state index < -0.39 is 8.72 Å². The molecule has 0 aromatic rings. The molecule has 0 aliphatic heterocycles. The normalized spacial score (nSPS) is 13.8. The molecule has 0 aliphatic carbocycles. The molecule has 0 heterocycles. The summed E-state index contributed by atoms with van der Waals surface area (Å²) in [6.07, 6.45) is 2.39. The van der Waals surface area contributed by atoms with Gasteiger partial charge in [-0.25, -0.2) is 0 Å². The molecule has 0 amide bonds. The lowest BCUT2D eigenvalue weighted by Crippen LogP contribution is -2.64. The van der Waals surface area contributed by atoms with Crippen molar-refractivity contribution in [2.75, 3.05) is 27.8 Å². The summed E-state index contributed by atoms with van der Waals surface area (Å²) >= 11 is 0. The fourth-order valence-electron chi connectivity index (χ4n) is 2.32. The van der Waals surface area contributed by atoms with Gasteiger partial charge in [-0.15, -0.1) is 0 Å². The first-order valence-corrected chi connectivity index (χ1v) is 8.38. The van der Waals surface area contributed by atoms with Crippen LogP contribution in [0.5, 0.6) is 0 Å². The molecule has 0 bridgehead atoms. The van der Waals surface area contributed by atoms with E-state index in [1.165, 1.54) is 12.8 Å². The molecule has 0 N–H and O–H groups in total. The van der Waals surface area contributed by atoms with Gasteiger partial charge in [0.25, 0.3) is 0 Å². The second-order valence-electron chi connectivity index (χ2n) is 5.64. The highest BCUT2D eigenvalue weighted by molar-refractivity contribution is 6.67. The first kappa shape index (κ1) is 17.1. The van der Waals surface area contributed by atoms with Crippen LogP contribution in [0.2, 0.25) is 5.04 Å². The van der Waals surface area contributed by atoms with Crippen LogP contribution in [0.15, 0.2) is 0 Å². The summed E-state index contributed by atoms with van der Waals surface area (Å²) in [6.45, 7) is 12.3. The molecule has 0 aromatic heterocycles. The lowest BCUT2D eigenvalue weighted by molar-refractivity contribution is 0.131. The van der Waals surface area contributed by atoms with Crippen molar-refractivity contribution in [3.63, 3.8) is 0 Å². The van der Waals surface area contributed by atoms with Gasteiger partial charge < -0.3 is 8.85 Å². The van der Waals surface area contributed by atoms with Gasteiger partial charge in [-0.2, -0.15) is 0 Å². The van der Waals surface area contributed by atoms with Crippen LogP contribution in [0, 0.1) is 5.92 Å². The first-order valence-electron chi connectivity index (χ1n) is 6.61. The average Bonchev–Trinajstić information content (AvgIpc) is 2.28. The molecule has 4 heteroatoms. The summed E-state index contributed by atoms with van der Waals surface area (Å²) in [7, 11) is 3.38. The Kier molecular flexibility index (Phi) is 6.92. The maximum atomic E-state index is 5.91. The van der Waals surface area contributed by atoms with Crippen LogP contribution in [0.4, 0.5) is 0 Å². The van der Waals surface area contributed by atoms with Gasteiger partial charge in [0.05, 0.1) is 0 Å². The number of hydrogen-bond donors (Lipinski definition) is 0. The van der Waals surface area contributed by atoms with Crippen LogP contribution >= 0.6 is 0 Å². The second-order valence-corrected chi connectivity index (χ2v) is 9.67. The van der Waals surface area contributed by atoms with Gasteiger partial charge in [0.2, 0.25) is 0 Å². The van der Waals surface area contributed by atoms with Gasteiger partial charge in [0.15, 0.2) is 0 Å². The molecule has 17 heavy (non-hydrogen) atoms. The van der Waals surface area contributed by atoms with Gasteiger partial charge in [0.1, 0.15) is 0 Å². The lowest BCUT2D eigenvalue weighted by Gasteiger charge is -2.48. The van der Waals surface area contributed by atoms with E-state index >= 15 is 0 Å². The molecule has 0 rings (SSSR count). The van der Waals surface area contributed by atoms with Crippen molar-refractivity contribution in [2.24, 2.45) is 5.92 Å². The largest absolute Gasteiger partial charge is 0.433 e. The van der Waals surface area contributed by atoms with Gasteiger partial charge >= 0.3 is 8.72 Å². The summed E-state index contributed by atoms with van der Waals surface area (Å²) in [6, 6.07) is 0. The third kappa shape index (κ3) is 3.31. The molecule has 0 fully saturated rings. The Morgan fingerprint density at radius 1 is 1.18 bits per heavy atom. The Labute approximate surface area is 109 Å². The van der Waals surface area contributed by atoms with Gasteiger partial charge in [-0.1, -0.05) is 41.0 Å². The Balaban J connectivity index is 5.14. The summed E-state index contributed by atoms with van der Waals surface area (Å²) in [5.74, 6) is 0.526. The van der Waals surface area contributed by atoms with E-state index in [-0.39, 0.29) is 5.04 Å². The van der Waals surface area contributed by atoms with Crippen LogP contribution in [0.1, 0.15) is 47.5 Å². The van der Waals surface area contributed by atoms with Crippen LogP contribution in [-0.4, -0.2) is 41.1 Å². The highest BCUT2D eigenvalue weighted by Gasteiger charge is 2.56. The zero-order valence-electron chi connectivity index (χ0n) is 13.0. The molecule has 3 nitrogen and oxygen atoms in total. The standard InChI is InChI=1S/C13H31NO2Si/c1-9-10-11-14(6)17(15-7,16-8)13(4,5)12(2)3/h12H,9-11H2,1-8H3. The molecule has 0 spiro atoms. The quantitative estimate of drug-likeness (QED) is 0.625. The average molecular weight is 261 g/mol. The monoisotopic (exact) mass is 261 g/mol. The minimum absolute atomic E-state index is 0.0546. The van der Waals surface area contributed by atoms with Crippen molar-refractivity contribution in [3.8, 4) is 0 Å². The molecule has 0 aromatic carbocycles. The Hall–Kier alpha value is 0.0969. The van der Waals surface area contributed by atoms with E-state index in [4.69, 9.17) is 8.85 Å². The minimum Gasteiger partial charge on any atom is -0.386 e. The highest BCUT2D eigenvalue weighted by atomic mass is 28.4. The number of nitrogens with zero attached hydrogens (tertiary/aromatic N) is 1. The molecular weight excluding hydrogens is 230 g/mol. The topological polar surface area (TPSA) is 21.7 Å². The van der Waals surface area contributed by atoms with Crippen LogP contribution < -0.4 is 0 Å². The predicted molar refractivity (Wildman–Crippen MR) is 76.2 cm³/mol. The number of hydrogen-bond acceptors (Lipinski definition) is 3. The first-order chi connectivity index (χ1) is 7.80. The Morgan fingerprint density at radius 3 is 1.94 bits per heavy atom. The predicted octanol–water partition coefficient (Wildman–Crippen LogP) is 3.39. The summed E-state index contributed by atoms with van der Waals surface area (Å²) < 4.78 is 14.2. The van der Waals surface area contributed by atoms with Crippen LogP contribution in [0.3, 0.4) is 0 Å². The molecule has 0 atom stereocenters. The van der Waals surface area contributed by atoms with Crippen LogP contribution in [0.25, 0.3) is 0 Å². The summed E-state index contributed by atoms with van der Waals surface area (Å²) in [4.78, 5) is 0. The third-order valence-electron chi connectivity index (χ3n) is 4.16. The van der Waals surface area contributed by atoms with Crippen molar-refractivity contribution in [1.82, 2.24) is 4.57 Å². The van der Waals surface area contributed by atoms with Crippen LogP contribution in [-0.2, 0) is 8.85 Å². The van der Waals surface area contributed by atoms with E-state index in [1.807, 2.05) is 0 Å². The van der Waals surface area contributed by atoms with Crippen molar-refractivity contribution in [2.45, 2.75) is 52.5 Å². The smallest absolute Gasteiger partial charge is 0.386 e. The molecule has 0 saturated carbocycles. The fraction of sp³-hybridized carbons (Fsp3) is 1.00. The van der Waals surface area contributed by atoms with Crippen molar-refractivity contribution < 1.29 is 8.85 Å². The minimum atomic E-state index is -2.34. The zero-order valence-corrected chi connectivity index (χ0v) is 14.0.